The van der Waals surface area contributed by atoms with Gasteiger partial charge in [-0.2, -0.15) is 13.2 Å². The second-order valence-electron chi connectivity index (χ2n) is 6.08. The van der Waals surface area contributed by atoms with Gasteiger partial charge in [0.15, 0.2) is 0 Å². The van der Waals surface area contributed by atoms with E-state index in [2.05, 4.69) is 20.6 Å². The van der Waals surface area contributed by atoms with E-state index in [4.69, 9.17) is 0 Å². The lowest BCUT2D eigenvalue weighted by Crippen LogP contribution is -2.27. The molecule has 144 valence electrons. The van der Waals surface area contributed by atoms with Crippen molar-refractivity contribution in [2.75, 3.05) is 5.32 Å². The molecule has 2 aromatic heterocycles. The van der Waals surface area contributed by atoms with E-state index in [1.807, 2.05) is 6.92 Å². The van der Waals surface area contributed by atoms with Gasteiger partial charge in [0, 0.05) is 24.3 Å². The zero-order valence-corrected chi connectivity index (χ0v) is 14.9. The standard InChI is InChI=1S/C20H17F3N4O/c1-13(14-7-10-24-11-8-14)26-19(28)17-6-3-9-25-18(17)27-16-5-2-4-15(12-16)20(21,22)23/h2-13H,1H3,(H,25,27)(H,26,28). The van der Waals surface area contributed by atoms with Crippen LogP contribution in [0, 0.1) is 0 Å². The van der Waals surface area contributed by atoms with Crippen molar-refractivity contribution in [3.05, 3.63) is 83.8 Å². The number of halogens is 3. The van der Waals surface area contributed by atoms with Crippen molar-refractivity contribution in [2.24, 2.45) is 0 Å². The van der Waals surface area contributed by atoms with Crippen LogP contribution in [0.1, 0.15) is 34.5 Å². The number of hydrogen-bond acceptors (Lipinski definition) is 4. The smallest absolute Gasteiger partial charge is 0.345 e. The number of rotatable bonds is 5. The number of amides is 1. The molecule has 1 amide bonds. The summed E-state index contributed by atoms with van der Waals surface area (Å²) in [5.41, 5.74) is 0.496. The molecular formula is C20H17F3N4O. The Morgan fingerprint density at radius 3 is 2.50 bits per heavy atom. The summed E-state index contributed by atoms with van der Waals surface area (Å²) in [4.78, 5) is 20.7. The minimum atomic E-state index is -4.46. The lowest BCUT2D eigenvalue weighted by molar-refractivity contribution is -0.137. The van der Waals surface area contributed by atoms with Crippen molar-refractivity contribution in [1.82, 2.24) is 15.3 Å². The van der Waals surface area contributed by atoms with E-state index in [1.54, 1.807) is 36.7 Å². The molecule has 1 aromatic carbocycles. The van der Waals surface area contributed by atoms with E-state index in [-0.39, 0.29) is 23.1 Å². The van der Waals surface area contributed by atoms with Gasteiger partial charge >= 0.3 is 6.18 Å². The minimum Gasteiger partial charge on any atom is -0.345 e. The summed E-state index contributed by atoms with van der Waals surface area (Å²) < 4.78 is 38.7. The first-order valence-electron chi connectivity index (χ1n) is 8.44. The van der Waals surface area contributed by atoms with Crippen molar-refractivity contribution >= 4 is 17.4 Å². The number of benzene rings is 1. The van der Waals surface area contributed by atoms with Crippen LogP contribution >= 0.6 is 0 Å². The van der Waals surface area contributed by atoms with Gasteiger partial charge in [-0.15, -0.1) is 0 Å². The normalized spacial score (nSPS) is 12.3. The molecule has 3 aromatic rings. The largest absolute Gasteiger partial charge is 0.416 e. The summed E-state index contributed by atoms with van der Waals surface area (Å²) in [6, 6.07) is 11.2. The third-order valence-electron chi connectivity index (χ3n) is 4.06. The monoisotopic (exact) mass is 386 g/mol. The summed E-state index contributed by atoms with van der Waals surface area (Å²) >= 11 is 0. The van der Waals surface area contributed by atoms with Gasteiger partial charge < -0.3 is 10.6 Å². The molecule has 0 saturated heterocycles. The average Bonchev–Trinajstić information content (AvgIpc) is 2.68. The van der Waals surface area contributed by atoms with Crippen LogP contribution in [0.15, 0.2) is 67.1 Å². The van der Waals surface area contributed by atoms with Crippen LogP contribution in [-0.4, -0.2) is 15.9 Å². The quantitative estimate of drug-likeness (QED) is 0.665. The number of pyridine rings is 2. The number of alkyl halides is 3. The van der Waals surface area contributed by atoms with Crippen molar-refractivity contribution in [2.45, 2.75) is 19.1 Å². The van der Waals surface area contributed by atoms with Gasteiger partial charge in [-0.1, -0.05) is 6.07 Å². The maximum absolute atomic E-state index is 12.9. The fraction of sp³-hybridized carbons (Fsp3) is 0.150. The van der Waals surface area contributed by atoms with Crippen molar-refractivity contribution in [3.63, 3.8) is 0 Å². The predicted molar refractivity (Wildman–Crippen MR) is 99.1 cm³/mol. The number of nitrogens with zero attached hydrogens (tertiary/aromatic N) is 2. The zero-order valence-electron chi connectivity index (χ0n) is 14.9. The highest BCUT2D eigenvalue weighted by molar-refractivity contribution is 5.99. The number of carbonyl (C=O) groups is 1. The van der Waals surface area contributed by atoms with Gasteiger partial charge in [0.1, 0.15) is 5.82 Å². The average molecular weight is 386 g/mol. The van der Waals surface area contributed by atoms with Crippen LogP contribution in [0.4, 0.5) is 24.7 Å². The van der Waals surface area contributed by atoms with E-state index < -0.39 is 17.6 Å². The second kappa shape index (κ2) is 8.08. The highest BCUT2D eigenvalue weighted by Gasteiger charge is 2.30. The van der Waals surface area contributed by atoms with E-state index in [9.17, 15) is 18.0 Å². The molecule has 1 atom stereocenters. The Bertz CT molecular complexity index is 961. The Labute approximate surface area is 159 Å². The molecule has 0 aliphatic carbocycles. The molecule has 0 aliphatic heterocycles. The molecule has 0 radical (unpaired) electrons. The fourth-order valence-corrected chi connectivity index (χ4v) is 2.61. The molecule has 0 saturated carbocycles. The molecule has 0 aliphatic rings. The highest BCUT2D eigenvalue weighted by Crippen LogP contribution is 2.31. The Hall–Kier alpha value is -3.42. The maximum atomic E-state index is 12.9. The van der Waals surface area contributed by atoms with E-state index in [1.165, 1.54) is 18.3 Å². The second-order valence-corrected chi connectivity index (χ2v) is 6.08. The Balaban J connectivity index is 1.81. The third kappa shape index (κ3) is 4.64. The molecule has 2 N–H and O–H groups in total. The Morgan fingerprint density at radius 2 is 1.79 bits per heavy atom. The number of hydrogen-bond donors (Lipinski definition) is 2. The topological polar surface area (TPSA) is 66.9 Å². The van der Waals surface area contributed by atoms with Crippen LogP contribution in [-0.2, 0) is 6.18 Å². The molecule has 0 spiro atoms. The summed E-state index contributed by atoms with van der Waals surface area (Å²) in [5, 5.41) is 5.64. The van der Waals surface area contributed by atoms with Crippen LogP contribution in [0.3, 0.4) is 0 Å². The van der Waals surface area contributed by atoms with Crippen LogP contribution in [0.5, 0.6) is 0 Å². The number of aromatic nitrogens is 2. The molecule has 5 nitrogen and oxygen atoms in total. The van der Waals surface area contributed by atoms with E-state index >= 15 is 0 Å². The SMILES string of the molecule is CC(NC(=O)c1cccnc1Nc1cccc(C(F)(F)F)c1)c1ccncc1. The molecule has 3 rings (SSSR count). The summed E-state index contributed by atoms with van der Waals surface area (Å²) in [7, 11) is 0. The Morgan fingerprint density at radius 1 is 1.04 bits per heavy atom. The lowest BCUT2D eigenvalue weighted by atomic mass is 10.1. The summed E-state index contributed by atoms with van der Waals surface area (Å²) in [6.07, 6.45) is 0.256. The highest BCUT2D eigenvalue weighted by atomic mass is 19.4. The first-order chi connectivity index (χ1) is 13.3. The summed E-state index contributed by atoms with van der Waals surface area (Å²) in [6.45, 7) is 1.82. The molecule has 8 heteroatoms. The van der Waals surface area contributed by atoms with Gasteiger partial charge in [0.05, 0.1) is 17.2 Å². The van der Waals surface area contributed by atoms with Gasteiger partial charge in [-0.25, -0.2) is 4.98 Å². The molecular weight excluding hydrogens is 369 g/mol. The van der Waals surface area contributed by atoms with Crippen LogP contribution in [0.2, 0.25) is 0 Å². The molecule has 1 unspecified atom stereocenters. The summed E-state index contributed by atoms with van der Waals surface area (Å²) in [5.74, 6) is -0.229. The van der Waals surface area contributed by atoms with Gasteiger partial charge in [-0.05, 0) is 55.0 Å². The molecule has 0 bridgehead atoms. The number of carbonyl (C=O) groups excluding carboxylic acids is 1. The van der Waals surface area contributed by atoms with Crippen molar-refractivity contribution < 1.29 is 18.0 Å². The van der Waals surface area contributed by atoms with Crippen molar-refractivity contribution in [3.8, 4) is 0 Å². The Kier molecular flexibility index (Phi) is 5.58. The molecule has 2 heterocycles. The maximum Gasteiger partial charge on any atom is 0.416 e. The van der Waals surface area contributed by atoms with Gasteiger partial charge in [0.2, 0.25) is 0 Å². The number of anilines is 2. The minimum absolute atomic E-state index is 0.168. The molecule has 28 heavy (non-hydrogen) atoms. The zero-order chi connectivity index (χ0) is 20.1. The number of nitrogens with one attached hydrogen (secondary N) is 2. The third-order valence-corrected chi connectivity index (χ3v) is 4.06. The van der Waals surface area contributed by atoms with Gasteiger partial charge in [0.25, 0.3) is 5.91 Å². The fourth-order valence-electron chi connectivity index (χ4n) is 2.61. The molecule has 0 fully saturated rings. The van der Waals surface area contributed by atoms with Crippen LogP contribution < -0.4 is 10.6 Å². The van der Waals surface area contributed by atoms with Gasteiger partial charge in [-0.3, -0.25) is 9.78 Å². The van der Waals surface area contributed by atoms with E-state index in [0.29, 0.717) is 0 Å². The lowest BCUT2D eigenvalue weighted by Gasteiger charge is -2.16. The predicted octanol–water partition coefficient (Wildman–Crippen LogP) is 4.73. The van der Waals surface area contributed by atoms with Crippen molar-refractivity contribution in [1.29, 1.82) is 0 Å². The first-order valence-corrected chi connectivity index (χ1v) is 8.44. The van der Waals surface area contributed by atoms with Crippen LogP contribution in [0.25, 0.3) is 0 Å². The van der Waals surface area contributed by atoms with E-state index in [0.717, 1.165) is 17.7 Å². The first kappa shape index (κ1) is 19.3.